The molecule has 162 valence electrons. The summed E-state index contributed by atoms with van der Waals surface area (Å²) in [6.45, 7) is 6.09. The molecule has 0 amide bonds. The molecular weight excluding hydrogens is 388 g/mol. The first-order chi connectivity index (χ1) is 14.7. The van der Waals surface area contributed by atoms with Gasteiger partial charge in [0.1, 0.15) is 11.5 Å². The van der Waals surface area contributed by atoms with Crippen molar-refractivity contribution in [2.75, 3.05) is 0 Å². The van der Waals surface area contributed by atoms with Crippen LogP contribution in [0.5, 0.6) is 11.5 Å². The summed E-state index contributed by atoms with van der Waals surface area (Å²) in [6.07, 6.45) is 7.03. The first-order valence-electron chi connectivity index (χ1n) is 11.3. The second-order valence-corrected chi connectivity index (χ2v) is 10.6. The monoisotopic (exact) mass is 418 g/mol. The molecule has 0 aliphatic heterocycles. The van der Waals surface area contributed by atoms with Crippen LogP contribution < -0.4 is 0 Å². The summed E-state index contributed by atoms with van der Waals surface area (Å²) in [5.74, 6) is 1.84. The molecule has 4 fully saturated rings. The molecule has 4 heteroatoms. The van der Waals surface area contributed by atoms with Crippen molar-refractivity contribution in [1.29, 1.82) is 0 Å². The largest absolute Gasteiger partial charge is 0.507 e. The molecule has 0 aromatic heterocycles. The van der Waals surface area contributed by atoms with Crippen molar-refractivity contribution in [2.24, 2.45) is 17.8 Å². The van der Waals surface area contributed by atoms with Crippen LogP contribution in [0, 0.1) is 31.6 Å². The van der Waals surface area contributed by atoms with E-state index in [4.69, 9.17) is 0 Å². The van der Waals surface area contributed by atoms with E-state index in [9.17, 15) is 19.8 Å². The number of phenols is 2. The summed E-state index contributed by atoms with van der Waals surface area (Å²) in [7, 11) is 0. The van der Waals surface area contributed by atoms with Gasteiger partial charge in [-0.1, -0.05) is 19.1 Å². The van der Waals surface area contributed by atoms with Crippen molar-refractivity contribution in [1.82, 2.24) is 0 Å². The fourth-order valence-electron chi connectivity index (χ4n) is 7.61. The highest BCUT2D eigenvalue weighted by Gasteiger charge is 2.62. The van der Waals surface area contributed by atoms with Crippen LogP contribution in [0.2, 0.25) is 0 Å². The lowest BCUT2D eigenvalue weighted by atomic mass is 9.38. The number of hydrogen-bond donors (Lipinski definition) is 2. The average Bonchev–Trinajstić information content (AvgIpc) is 2.74. The van der Waals surface area contributed by atoms with Crippen molar-refractivity contribution in [3.05, 3.63) is 57.6 Å². The molecule has 2 aromatic carbocycles. The molecule has 2 aromatic rings. The van der Waals surface area contributed by atoms with Gasteiger partial charge in [-0.15, -0.1) is 0 Å². The van der Waals surface area contributed by atoms with Gasteiger partial charge in [0, 0.05) is 0 Å². The molecule has 6 rings (SSSR count). The second-order valence-electron chi connectivity index (χ2n) is 10.6. The fourth-order valence-corrected chi connectivity index (χ4v) is 7.61. The van der Waals surface area contributed by atoms with Crippen LogP contribution in [0.4, 0.5) is 0 Å². The van der Waals surface area contributed by atoms with Crippen LogP contribution >= 0.6 is 0 Å². The minimum absolute atomic E-state index is 0.0261. The smallest absolute Gasteiger partial charge is 0.153 e. The maximum atomic E-state index is 11.6. The number of aromatic hydroxyl groups is 2. The van der Waals surface area contributed by atoms with Crippen LogP contribution in [0.25, 0.3) is 0 Å². The Morgan fingerprint density at radius 3 is 2.06 bits per heavy atom. The summed E-state index contributed by atoms with van der Waals surface area (Å²) in [6, 6.07) is 7.97. The summed E-state index contributed by atoms with van der Waals surface area (Å²) < 4.78 is 0. The lowest BCUT2D eigenvalue weighted by Gasteiger charge is -2.66. The standard InChI is InChI=1S/C27H30O4/c1-15-4-22(7-20(12-28)24(15)30)26-9-18-6-19(11-26)17(3)27(10-18,14-26)23-5-16(2)25(31)21(8-23)13-29/h4-5,7-8,12-13,17-19,30-31H,6,9-11,14H2,1-3H3. The predicted molar refractivity (Wildman–Crippen MR) is 119 cm³/mol. The highest BCUT2D eigenvalue weighted by molar-refractivity contribution is 5.81. The fraction of sp³-hybridized carbons (Fsp3) is 0.481. The Bertz CT molecular complexity index is 1100. The molecule has 4 aliphatic rings. The van der Waals surface area contributed by atoms with Gasteiger partial charge in [-0.25, -0.2) is 0 Å². The van der Waals surface area contributed by atoms with Gasteiger partial charge in [-0.05, 0) is 109 Å². The van der Waals surface area contributed by atoms with Gasteiger partial charge in [0.05, 0.1) is 11.1 Å². The Kier molecular flexibility index (Phi) is 4.38. The Hall–Kier alpha value is -2.62. The third-order valence-corrected chi connectivity index (χ3v) is 8.96. The minimum Gasteiger partial charge on any atom is -0.507 e. The van der Waals surface area contributed by atoms with Gasteiger partial charge in [0.2, 0.25) is 0 Å². The zero-order chi connectivity index (χ0) is 22.1. The van der Waals surface area contributed by atoms with E-state index in [0.29, 0.717) is 28.9 Å². The van der Waals surface area contributed by atoms with E-state index in [-0.39, 0.29) is 22.3 Å². The quantitative estimate of drug-likeness (QED) is 0.654. The van der Waals surface area contributed by atoms with Crippen LogP contribution in [0.3, 0.4) is 0 Å². The van der Waals surface area contributed by atoms with Gasteiger partial charge in [-0.2, -0.15) is 0 Å². The van der Waals surface area contributed by atoms with Crippen LogP contribution in [0.1, 0.15) is 82.0 Å². The Labute approximate surface area is 183 Å². The summed E-state index contributed by atoms with van der Waals surface area (Å²) >= 11 is 0. The summed E-state index contributed by atoms with van der Waals surface area (Å²) in [5, 5.41) is 20.6. The van der Waals surface area contributed by atoms with Gasteiger partial charge >= 0.3 is 0 Å². The molecule has 0 saturated heterocycles. The van der Waals surface area contributed by atoms with Crippen molar-refractivity contribution < 1.29 is 19.8 Å². The van der Waals surface area contributed by atoms with E-state index >= 15 is 0 Å². The first-order valence-corrected chi connectivity index (χ1v) is 11.3. The molecule has 0 radical (unpaired) electrons. The molecule has 4 nitrogen and oxygen atoms in total. The number of carbonyl (C=O) groups excluding carboxylic acids is 2. The van der Waals surface area contributed by atoms with Crippen LogP contribution in [-0.2, 0) is 10.8 Å². The van der Waals surface area contributed by atoms with E-state index in [2.05, 4.69) is 19.1 Å². The highest BCUT2D eigenvalue weighted by atomic mass is 16.3. The molecule has 4 saturated carbocycles. The molecule has 5 atom stereocenters. The Morgan fingerprint density at radius 1 is 0.871 bits per heavy atom. The van der Waals surface area contributed by atoms with E-state index < -0.39 is 0 Å². The van der Waals surface area contributed by atoms with E-state index in [1.165, 1.54) is 17.5 Å². The van der Waals surface area contributed by atoms with Crippen molar-refractivity contribution in [2.45, 2.75) is 63.7 Å². The number of aldehydes is 2. The molecule has 4 aliphatic carbocycles. The number of benzene rings is 2. The summed E-state index contributed by atoms with van der Waals surface area (Å²) in [4.78, 5) is 23.3. The normalized spacial score (nSPS) is 33.5. The Morgan fingerprint density at radius 2 is 1.45 bits per heavy atom. The number of carbonyl (C=O) groups is 2. The SMILES string of the molecule is Cc1cc(C23CC4CC(C2)C(C)C(c2cc(C)c(O)c(C=O)c2)(C4)C3)cc(C=O)c1O. The van der Waals surface area contributed by atoms with Crippen LogP contribution in [-0.4, -0.2) is 22.8 Å². The lowest BCUT2D eigenvalue weighted by molar-refractivity contribution is -0.0727. The number of phenolic OH excluding ortho intramolecular Hbond substituents is 2. The summed E-state index contributed by atoms with van der Waals surface area (Å²) in [5.41, 5.74) is 4.51. The highest BCUT2D eigenvalue weighted by Crippen LogP contribution is 2.68. The zero-order valence-corrected chi connectivity index (χ0v) is 18.4. The molecule has 2 N–H and O–H groups in total. The van der Waals surface area contributed by atoms with E-state index in [0.717, 1.165) is 49.4 Å². The van der Waals surface area contributed by atoms with Crippen LogP contribution in [0.15, 0.2) is 24.3 Å². The van der Waals surface area contributed by atoms with E-state index in [1.807, 2.05) is 26.0 Å². The van der Waals surface area contributed by atoms with Gasteiger partial charge in [-0.3, -0.25) is 9.59 Å². The third-order valence-electron chi connectivity index (χ3n) is 8.96. The first kappa shape index (κ1) is 20.3. The molecule has 31 heavy (non-hydrogen) atoms. The molecule has 5 unspecified atom stereocenters. The van der Waals surface area contributed by atoms with Gasteiger partial charge in [0.25, 0.3) is 0 Å². The lowest BCUT2D eigenvalue weighted by Crippen LogP contribution is -2.60. The molecule has 4 bridgehead atoms. The van der Waals surface area contributed by atoms with Gasteiger partial charge < -0.3 is 10.2 Å². The molecular formula is C27H30O4. The minimum atomic E-state index is -0.0482. The van der Waals surface area contributed by atoms with E-state index in [1.54, 1.807) is 0 Å². The van der Waals surface area contributed by atoms with Crippen molar-refractivity contribution >= 4 is 12.6 Å². The maximum absolute atomic E-state index is 11.6. The second kappa shape index (κ2) is 6.69. The van der Waals surface area contributed by atoms with Crippen molar-refractivity contribution in [3.63, 3.8) is 0 Å². The average molecular weight is 419 g/mol. The molecule has 0 heterocycles. The molecule has 0 spiro atoms. The maximum Gasteiger partial charge on any atom is 0.153 e. The third kappa shape index (κ3) is 2.73. The Balaban J connectivity index is 1.68. The van der Waals surface area contributed by atoms with Gasteiger partial charge in [0.15, 0.2) is 12.6 Å². The van der Waals surface area contributed by atoms with Crippen molar-refractivity contribution in [3.8, 4) is 11.5 Å². The topological polar surface area (TPSA) is 74.6 Å². The zero-order valence-electron chi connectivity index (χ0n) is 18.4. The number of aryl methyl sites for hydroxylation is 2. The number of rotatable bonds is 4. The number of hydrogen-bond acceptors (Lipinski definition) is 4. The predicted octanol–water partition coefficient (Wildman–Crippen LogP) is 5.38.